The number of fused-ring (bicyclic) bond motifs is 6. The number of para-hydroxylation sites is 4. The van der Waals surface area contributed by atoms with Gasteiger partial charge >= 0.3 is 0 Å². The van der Waals surface area contributed by atoms with E-state index in [1.54, 1.807) is 0 Å². The van der Waals surface area contributed by atoms with Crippen LogP contribution in [-0.4, -0.2) is 17.2 Å². The van der Waals surface area contributed by atoms with E-state index in [1.807, 2.05) is 0 Å². The van der Waals surface area contributed by atoms with Crippen LogP contribution in [0.1, 0.15) is 0 Å². The SMILES string of the molecule is c1ccc(-c2cc(-c3ccccc3)cc([Si](c3ccccc3)(c3ccccc3)c3cc(-c4ccccc4)c(-n4c5ccccc5c5cc(-c6ccccc6-n6c7ccccc7c7ccccc76)ccc54)c(-c4ccccc4)c3)c2)cc1. The first-order valence-electron chi connectivity index (χ1n) is 28.0. The molecule has 15 aromatic rings. The van der Waals surface area contributed by atoms with Crippen molar-refractivity contribution < 1.29 is 0 Å². The molecule has 0 atom stereocenters. The molecule has 0 aliphatic heterocycles. The zero-order chi connectivity index (χ0) is 53.7. The van der Waals surface area contributed by atoms with Gasteiger partial charge < -0.3 is 9.13 Å². The van der Waals surface area contributed by atoms with Crippen LogP contribution in [0.4, 0.5) is 0 Å². The summed E-state index contributed by atoms with van der Waals surface area (Å²) in [4.78, 5) is 0. The minimum Gasteiger partial charge on any atom is -0.309 e. The highest BCUT2D eigenvalue weighted by molar-refractivity contribution is 7.20. The first-order valence-corrected chi connectivity index (χ1v) is 30.0. The van der Waals surface area contributed by atoms with Gasteiger partial charge in [0.2, 0.25) is 0 Å². The van der Waals surface area contributed by atoms with Gasteiger partial charge in [0, 0.05) is 38.2 Å². The van der Waals surface area contributed by atoms with Crippen LogP contribution in [0.25, 0.3) is 111 Å². The molecule has 81 heavy (non-hydrogen) atoms. The topological polar surface area (TPSA) is 9.86 Å². The normalized spacial score (nSPS) is 11.7. The molecule has 0 N–H and O–H groups in total. The van der Waals surface area contributed by atoms with Crippen molar-refractivity contribution in [3.05, 3.63) is 328 Å². The lowest BCUT2D eigenvalue weighted by molar-refractivity contribution is 1.18. The highest BCUT2D eigenvalue weighted by Crippen LogP contribution is 2.44. The molecule has 0 saturated heterocycles. The number of hydrogen-bond donors (Lipinski definition) is 0. The molecule has 0 aliphatic carbocycles. The molecule has 0 radical (unpaired) electrons. The Labute approximate surface area is 473 Å². The predicted octanol–water partition coefficient (Wildman–Crippen LogP) is 17.6. The van der Waals surface area contributed by atoms with Crippen molar-refractivity contribution in [1.29, 1.82) is 0 Å². The van der Waals surface area contributed by atoms with Crippen LogP contribution in [0.5, 0.6) is 0 Å². The molecule has 0 unspecified atom stereocenters. The number of hydrogen-bond acceptors (Lipinski definition) is 0. The summed E-state index contributed by atoms with van der Waals surface area (Å²) in [6, 6.07) is 122. The fourth-order valence-corrected chi connectivity index (χ4v) is 17.9. The van der Waals surface area contributed by atoms with Crippen LogP contribution in [-0.2, 0) is 0 Å². The first kappa shape index (κ1) is 47.9. The van der Waals surface area contributed by atoms with E-state index < -0.39 is 8.07 Å². The summed E-state index contributed by atoms with van der Waals surface area (Å²) in [6.07, 6.45) is 0. The third kappa shape index (κ3) is 8.08. The fraction of sp³-hybridized carbons (Fsp3) is 0. The molecule has 380 valence electrons. The molecule has 0 aliphatic rings. The van der Waals surface area contributed by atoms with Crippen molar-refractivity contribution in [3.63, 3.8) is 0 Å². The Morgan fingerprint density at radius 1 is 0.198 bits per heavy atom. The highest BCUT2D eigenvalue weighted by atomic mass is 28.3. The second kappa shape index (κ2) is 20.2. The van der Waals surface area contributed by atoms with Gasteiger partial charge in [0.1, 0.15) is 0 Å². The Morgan fingerprint density at radius 2 is 0.568 bits per heavy atom. The van der Waals surface area contributed by atoms with E-state index in [4.69, 9.17) is 0 Å². The summed E-state index contributed by atoms with van der Waals surface area (Å²) in [6.45, 7) is 0. The summed E-state index contributed by atoms with van der Waals surface area (Å²) in [7, 11) is -3.29. The van der Waals surface area contributed by atoms with E-state index >= 15 is 0 Å². The maximum absolute atomic E-state index is 3.29. The van der Waals surface area contributed by atoms with Crippen molar-refractivity contribution >= 4 is 72.4 Å². The number of benzene rings is 13. The molecule has 3 heteroatoms. The molecule has 13 aromatic carbocycles. The Bertz CT molecular complexity index is 4570. The van der Waals surface area contributed by atoms with Crippen LogP contribution >= 0.6 is 0 Å². The lowest BCUT2D eigenvalue weighted by atomic mass is 9.95. The molecule has 2 aromatic heterocycles. The Kier molecular flexibility index (Phi) is 11.9. The average Bonchev–Trinajstić information content (AvgIpc) is 4.15. The van der Waals surface area contributed by atoms with Crippen LogP contribution in [0.3, 0.4) is 0 Å². The van der Waals surface area contributed by atoms with E-state index in [-0.39, 0.29) is 0 Å². The van der Waals surface area contributed by atoms with Gasteiger partial charge in [-0.15, -0.1) is 0 Å². The maximum atomic E-state index is 2.58. The Balaban J connectivity index is 1.04. The molecule has 2 heterocycles. The minimum atomic E-state index is -3.29. The minimum absolute atomic E-state index is 1.15. The molecule has 0 fully saturated rings. The number of nitrogens with zero attached hydrogens (tertiary/aromatic N) is 2. The van der Waals surface area contributed by atoms with Gasteiger partial charge in [0.25, 0.3) is 0 Å². The summed E-state index contributed by atoms with van der Waals surface area (Å²) in [5, 5.41) is 10.2. The van der Waals surface area contributed by atoms with Gasteiger partial charge in [-0.2, -0.15) is 0 Å². The number of aromatic nitrogens is 2. The van der Waals surface area contributed by atoms with E-state index in [0.717, 1.165) is 33.5 Å². The summed E-state index contributed by atoms with van der Waals surface area (Å²) in [5.74, 6) is 0. The largest absolute Gasteiger partial charge is 0.309 e. The Hall–Kier alpha value is -10.3. The van der Waals surface area contributed by atoms with E-state index in [0.29, 0.717) is 0 Å². The van der Waals surface area contributed by atoms with Gasteiger partial charge in [0.15, 0.2) is 8.07 Å². The first-order chi connectivity index (χ1) is 40.2. The molecule has 2 nitrogen and oxygen atoms in total. The molecule has 0 amide bonds. The zero-order valence-electron chi connectivity index (χ0n) is 44.6. The lowest BCUT2D eigenvalue weighted by Gasteiger charge is -2.36. The van der Waals surface area contributed by atoms with Crippen molar-refractivity contribution in [3.8, 4) is 67.0 Å². The van der Waals surface area contributed by atoms with Crippen LogP contribution < -0.4 is 20.7 Å². The highest BCUT2D eigenvalue weighted by Gasteiger charge is 2.43. The number of rotatable bonds is 11. The lowest BCUT2D eigenvalue weighted by Crippen LogP contribution is -2.74. The van der Waals surface area contributed by atoms with Crippen LogP contribution in [0.2, 0.25) is 0 Å². The zero-order valence-corrected chi connectivity index (χ0v) is 45.6. The third-order valence-electron chi connectivity index (χ3n) is 16.6. The maximum Gasteiger partial charge on any atom is 0.179 e. The second-order valence-corrected chi connectivity index (χ2v) is 24.9. The molecule has 0 spiro atoms. The van der Waals surface area contributed by atoms with Gasteiger partial charge in [-0.25, -0.2) is 0 Å². The monoisotopic (exact) mass is 1050 g/mol. The Morgan fingerprint density at radius 3 is 1.06 bits per heavy atom. The van der Waals surface area contributed by atoms with Crippen molar-refractivity contribution in [2.45, 2.75) is 0 Å². The summed E-state index contributed by atoms with van der Waals surface area (Å²) in [5.41, 5.74) is 18.8. The summed E-state index contributed by atoms with van der Waals surface area (Å²) >= 11 is 0. The van der Waals surface area contributed by atoms with E-state index in [1.165, 1.54) is 97.8 Å². The summed E-state index contributed by atoms with van der Waals surface area (Å²) < 4.78 is 5.02. The third-order valence-corrected chi connectivity index (χ3v) is 21.3. The smallest absolute Gasteiger partial charge is 0.179 e. The van der Waals surface area contributed by atoms with Crippen molar-refractivity contribution in [1.82, 2.24) is 9.13 Å². The average molecular weight is 1050 g/mol. The van der Waals surface area contributed by atoms with Crippen LogP contribution in [0.15, 0.2) is 328 Å². The second-order valence-electron chi connectivity index (χ2n) is 21.1. The molecule has 0 saturated carbocycles. The fourth-order valence-electron chi connectivity index (χ4n) is 13.1. The van der Waals surface area contributed by atoms with Crippen molar-refractivity contribution in [2.24, 2.45) is 0 Å². The molecular weight excluding hydrogens is 993 g/mol. The predicted molar refractivity (Wildman–Crippen MR) is 346 cm³/mol. The van der Waals surface area contributed by atoms with E-state index in [2.05, 4.69) is 337 Å². The molecule has 15 rings (SSSR count). The van der Waals surface area contributed by atoms with E-state index in [9.17, 15) is 0 Å². The van der Waals surface area contributed by atoms with Crippen LogP contribution in [0, 0.1) is 0 Å². The van der Waals surface area contributed by atoms with Gasteiger partial charge in [-0.05, 0) is 102 Å². The van der Waals surface area contributed by atoms with Gasteiger partial charge in [-0.1, -0.05) is 285 Å². The quantitative estimate of drug-likeness (QED) is 0.0902. The van der Waals surface area contributed by atoms with Gasteiger partial charge in [0.05, 0.1) is 33.4 Å². The van der Waals surface area contributed by atoms with Crippen molar-refractivity contribution in [2.75, 3.05) is 0 Å². The van der Waals surface area contributed by atoms with Gasteiger partial charge in [-0.3, -0.25) is 0 Å². The molecule has 0 bridgehead atoms. The standard InChI is InChI=1S/C78H54N2Si/c1-7-27-55(28-8-1)60-49-61(56-29-9-2-10-30-56)51-64(50-60)81(62-35-15-5-16-36-62,63-37-17-6-18-38-63)65-53-70(57-31-11-3-12-32-57)78(71(54-65)58-33-13-4-14-34-58)80-76-46-26-22-42-69(76)72-52-59(47-48-77(72)80)66-39-19-23-43-73(66)79-74-44-24-20-40-67(74)68-41-21-25-45-75(68)79/h1-54H. The molecular formula is C78H54N2Si.